The Labute approximate surface area is 283 Å². The van der Waals surface area contributed by atoms with Crippen LogP contribution in [-0.4, -0.2) is 4.98 Å². The molecule has 0 aliphatic heterocycles. The van der Waals surface area contributed by atoms with Crippen molar-refractivity contribution in [2.45, 2.75) is 0 Å². The summed E-state index contributed by atoms with van der Waals surface area (Å²) in [6, 6.07) is 61.2. The van der Waals surface area contributed by atoms with E-state index in [1.807, 2.05) is 6.07 Å². The van der Waals surface area contributed by atoms with Crippen molar-refractivity contribution in [1.82, 2.24) is 4.98 Å². The molecule has 0 unspecified atom stereocenters. The second-order valence-electron chi connectivity index (χ2n) is 12.7. The van der Waals surface area contributed by atoms with Gasteiger partial charge in [-0.3, -0.25) is 0 Å². The van der Waals surface area contributed by atoms with E-state index in [1.54, 1.807) is 6.20 Å². The highest BCUT2D eigenvalue weighted by Crippen LogP contribution is 2.39. The van der Waals surface area contributed by atoms with Crippen LogP contribution in [0.15, 0.2) is 180 Å². The van der Waals surface area contributed by atoms with E-state index in [9.17, 15) is 0 Å². The first kappa shape index (κ1) is 27.6. The molecule has 0 N–H and O–H groups in total. The molecule has 0 aliphatic rings. The van der Waals surface area contributed by atoms with Crippen LogP contribution in [0.25, 0.3) is 98.9 Å². The second-order valence-corrected chi connectivity index (χ2v) is 12.7. The molecular formula is C47H29NO. The standard InChI is InChI=1S/C47H29NO/c1-2-15-40-38(13-1)39-14-3-4-16-41(39)45-29-35(24-25-42(40)45)31-22-20-30(21-23-31)32-9-5-10-33(27-32)34-11-6-12-36(28-34)37-17-7-18-43-44-19-8-26-48-47(44)49-46(37)43/h1-29H. The Kier molecular flexibility index (Phi) is 6.22. The average Bonchev–Trinajstić information content (AvgIpc) is 3.57. The number of benzene rings is 8. The molecule has 0 fully saturated rings. The van der Waals surface area contributed by atoms with Gasteiger partial charge in [-0.1, -0.05) is 140 Å². The molecule has 0 bridgehead atoms. The third kappa shape index (κ3) is 4.53. The summed E-state index contributed by atoms with van der Waals surface area (Å²) in [5, 5.41) is 9.90. The van der Waals surface area contributed by atoms with Gasteiger partial charge in [-0.15, -0.1) is 0 Å². The van der Waals surface area contributed by atoms with E-state index in [0.717, 1.165) is 33.0 Å². The summed E-state index contributed by atoms with van der Waals surface area (Å²) in [6.45, 7) is 0. The van der Waals surface area contributed by atoms with Crippen molar-refractivity contribution in [2.75, 3.05) is 0 Å². The molecule has 2 aromatic heterocycles. The summed E-state index contributed by atoms with van der Waals surface area (Å²) < 4.78 is 6.25. The molecule has 0 spiro atoms. The molecule has 0 saturated carbocycles. The van der Waals surface area contributed by atoms with Gasteiger partial charge in [0, 0.05) is 22.5 Å². The van der Waals surface area contributed by atoms with Gasteiger partial charge in [0.15, 0.2) is 0 Å². The molecule has 10 rings (SSSR count). The molecule has 8 aromatic carbocycles. The summed E-state index contributed by atoms with van der Waals surface area (Å²) in [5.74, 6) is 0. The van der Waals surface area contributed by atoms with E-state index in [-0.39, 0.29) is 0 Å². The highest BCUT2D eigenvalue weighted by atomic mass is 16.3. The van der Waals surface area contributed by atoms with Gasteiger partial charge in [0.25, 0.3) is 0 Å². The third-order valence-corrected chi connectivity index (χ3v) is 9.94. The van der Waals surface area contributed by atoms with E-state index in [0.29, 0.717) is 5.71 Å². The van der Waals surface area contributed by atoms with Crippen LogP contribution in [0.3, 0.4) is 0 Å². The molecule has 0 radical (unpaired) electrons. The van der Waals surface area contributed by atoms with Crippen molar-refractivity contribution in [3.63, 3.8) is 0 Å². The largest absolute Gasteiger partial charge is 0.437 e. The molecule has 0 amide bonds. The molecule has 49 heavy (non-hydrogen) atoms. The SMILES string of the molecule is c1cc(-c2ccc(-c3ccc4c5ccccc5c5ccccc5c4c3)cc2)cc(-c2cccc(-c3cccc4c3oc3ncccc34)c2)c1. The van der Waals surface area contributed by atoms with Crippen molar-refractivity contribution in [3.8, 4) is 44.5 Å². The van der Waals surface area contributed by atoms with Gasteiger partial charge in [-0.25, -0.2) is 4.98 Å². The van der Waals surface area contributed by atoms with Gasteiger partial charge >= 0.3 is 0 Å². The Morgan fingerprint density at radius 2 is 0.776 bits per heavy atom. The lowest BCUT2D eigenvalue weighted by Crippen LogP contribution is -1.86. The normalized spacial score (nSPS) is 11.7. The predicted octanol–water partition coefficient (Wildman–Crippen LogP) is 13.1. The quantitative estimate of drug-likeness (QED) is 0.182. The van der Waals surface area contributed by atoms with E-state index in [4.69, 9.17) is 4.42 Å². The lowest BCUT2D eigenvalue weighted by Gasteiger charge is -2.12. The van der Waals surface area contributed by atoms with Gasteiger partial charge in [0.2, 0.25) is 5.71 Å². The lowest BCUT2D eigenvalue weighted by atomic mass is 9.91. The van der Waals surface area contributed by atoms with Crippen molar-refractivity contribution in [2.24, 2.45) is 0 Å². The summed E-state index contributed by atoms with van der Waals surface area (Å²) in [6.07, 6.45) is 1.78. The molecule has 2 heterocycles. The number of aromatic nitrogens is 1. The Bertz CT molecular complexity index is 2840. The number of hydrogen-bond acceptors (Lipinski definition) is 2. The van der Waals surface area contributed by atoms with Crippen LogP contribution in [0.1, 0.15) is 0 Å². The fourth-order valence-corrected chi connectivity index (χ4v) is 7.55. The Balaban J connectivity index is 0.995. The number of furan rings is 1. The number of hydrogen-bond donors (Lipinski definition) is 0. The van der Waals surface area contributed by atoms with Crippen LogP contribution >= 0.6 is 0 Å². The summed E-state index contributed by atoms with van der Waals surface area (Å²) in [5.41, 5.74) is 10.9. The number of fused-ring (bicyclic) bond motifs is 9. The first-order valence-electron chi connectivity index (χ1n) is 16.7. The van der Waals surface area contributed by atoms with Crippen molar-refractivity contribution in [3.05, 3.63) is 176 Å². The minimum absolute atomic E-state index is 0.669. The molecule has 0 atom stereocenters. The number of para-hydroxylation sites is 1. The number of rotatable bonds is 4. The predicted molar refractivity (Wildman–Crippen MR) is 206 cm³/mol. The smallest absolute Gasteiger partial charge is 0.227 e. The van der Waals surface area contributed by atoms with Gasteiger partial charge < -0.3 is 4.42 Å². The zero-order valence-electron chi connectivity index (χ0n) is 26.6. The minimum atomic E-state index is 0.669. The topological polar surface area (TPSA) is 26.0 Å². The van der Waals surface area contributed by atoms with Gasteiger partial charge in [0.1, 0.15) is 5.58 Å². The fraction of sp³-hybridized carbons (Fsp3) is 0. The summed E-state index contributed by atoms with van der Waals surface area (Å²) >= 11 is 0. The monoisotopic (exact) mass is 623 g/mol. The van der Waals surface area contributed by atoms with Crippen LogP contribution in [0, 0.1) is 0 Å². The van der Waals surface area contributed by atoms with Crippen molar-refractivity contribution in [1.29, 1.82) is 0 Å². The zero-order chi connectivity index (χ0) is 32.3. The molecule has 0 aliphatic carbocycles. The summed E-state index contributed by atoms with van der Waals surface area (Å²) in [7, 11) is 0. The van der Waals surface area contributed by atoms with Crippen LogP contribution in [-0.2, 0) is 0 Å². The highest BCUT2D eigenvalue weighted by molar-refractivity contribution is 6.25. The van der Waals surface area contributed by atoms with E-state index in [2.05, 4.69) is 169 Å². The van der Waals surface area contributed by atoms with Crippen LogP contribution in [0.5, 0.6) is 0 Å². The molecule has 228 valence electrons. The third-order valence-electron chi connectivity index (χ3n) is 9.94. The first-order chi connectivity index (χ1) is 24.3. The lowest BCUT2D eigenvalue weighted by molar-refractivity contribution is 0.655. The zero-order valence-corrected chi connectivity index (χ0v) is 26.6. The maximum atomic E-state index is 6.25. The first-order valence-corrected chi connectivity index (χ1v) is 16.7. The Morgan fingerprint density at radius 1 is 0.306 bits per heavy atom. The highest BCUT2D eigenvalue weighted by Gasteiger charge is 2.14. The molecule has 10 aromatic rings. The van der Waals surface area contributed by atoms with Crippen molar-refractivity contribution < 1.29 is 4.42 Å². The summed E-state index contributed by atoms with van der Waals surface area (Å²) in [4.78, 5) is 4.45. The molecular weight excluding hydrogens is 595 g/mol. The second kappa shape index (κ2) is 11.0. The van der Waals surface area contributed by atoms with Gasteiger partial charge in [-0.05, 0) is 102 Å². The number of pyridine rings is 1. The maximum absolute atomic E-state index is 6.25. The molecule has 0 saturated heterocycles. The van der Waals surface area contributed by atoms with Crippen LogP contribution < -0.4 is 0 Å². The maximum Gasteiger partial charge on any atom is 0.227 e. The van der Waals surface area contributed by atoms with E-state index >= 15 is 0 Å². The average molecular weight is 624 g/mol. The molecule has 2 heteroatoms. The Morgan fingerprint density at radius 3 is 1.45 bits per heavy atom. The van der Waals surface area contributed by atoms with Gasteiger partial charge in [0.05, 0.1) is 0 Å². The Hall–Kier alpha value is -6.51. The van der Waals surface area contributed by atoms with E-state index in [1.165, 1.54) is 60.1 Å². The van der Waals surface area contributed by atoms with Gasteiger partial charge in [-0.2, -0.15) is 0 Å². The molecule has 2 nitrogen and oxygen atoms in total. The number of nitrogens with zero attached hydrogens (tertiary/aromatic N) is 1. The van der Waals surface area contributed by atoms with E-state index < -0.39 is 0 Å². The fourth-order valence-electron chi connectivity index (χ4n) is 7.55. The van der Waals surface area contributed by atoms with Crippen LogP contribution in [0.2, 0.25) is 0 Å². The van der Waals surface area contributed by atoms with Crippen LogP contribution in [0.4, 0.5) is 0 Å². The van der Waals surface area contributed by atoms with Crippen molar-refractivity contribution >= 4 is 54.4 Å². The minimum Gasteiger partial charge on any atom is -0.437 e.